The lowest BCUT2D eigenvalue weighted by Crippen LogP contribution is -2.32. The number of piperidine rings is 2. The van der Waals surface area contributed by atoms with Gasteiger partial charge in [-0.2, -0.15) is 0 Å². The van der Waals surface area contributed by atoms with Gasteiger partial charge in [-0.1, -0.05) is 0 Å². The molecule has 162 valence electrons. The van der Waals surface area contributed by atoms with Crippen LogP contribution in [0.1, 0.15) is 56.9 Å². The number of halogens is 3. The highest BCUT2D eigenvalue weighted by Crippen LogP contribution is 2.38. The molecule has 4 rings (SSSR count). The van der Waals surface area contributed by atoms with Gasteiger partial charge in [0.1, 0.15) is 5.75 Å². The SMILES string of the molecule is Cl.Cl.Cl.Oc1c(CN2CCCC2)cc(N2CCCCC2)cc1N1CCCCC1. The second-order valence-electron chi connectivity index (χ2n) is 8.05. The van der Waals surface area contributed by atoms with E-state index >= 15 is 0 Å². The summed E-state index contributed by atoms with van der Waals surface area (Å²) < 4.78 is 0. The molecule has 3 aliphatic heterocycles. The Balaban J connectivity index is 0.00000131. The van der Waals surface area contributed by atoms with Crippen LogP contribution in [0.25, 0.3) is 0 Å². The van der Waals surface area contributed by atoms with Crippen LogP contribution in [0.5, 0.6) is 5.75 Å². The molecule has 0 unspecified atom stereocenters. The van der Waals surface area contributed by atoms with Gasteiger partial charge in [0.05, 0.1) is 5.69 Å². The molecule has 3 fully saturated rings. The molecule has 0 bridgehead atoms. The van der Waals surface area contributed by atoms with Crippen LogP contribution >= 0.6 is 37.2 Å². The van der Waals surface area contributed by atoms with Crippen molar-refractivity contribution < 1.29 is 5.11 Å². The minimum atomic E-state index is 0. The maximum Gasteiger partial charge on any atom is 0.143 e. The molecule has 3 saturated heterocycles. The number of anilines is 2. The third-order valence-electron chi connectivity index (χ3n) is 6.16. The molecule has 3 aliphatic rings. The van der Waals surface area contributed by atoms with Crippen molar-refractivity contribution >= 4 is 48.6 Å². The first-order chi connectivity index (χ1) is 12.3. The summed E-state index contributed by atoms with van der Waals surface area (Å²) in [5.74, 6) is 0.537. The highest BCUT2D eigenvalue weighted by molar-refractivity contribution is 5.86. The number of hydrogen-bond acceptors (Lipinski definition) is 4. The summed E-state index contributed by atoms with van der Waals surface area (Å²) >= 11 is 0. The van der Waals surface area contributed by atoms with E-state index < -0.39 is 0 Å². The number of nitrogens with zero attached hydrogens (tertiary/aromatic N) is 3. The summed E-state index contributed by atoms with van der Waals surface area (Å²) in [7, 11) is 0. The van der Waals surface area contributed by atoms with Crippen molar-refractivity contribution in [2.75, 3.05) is 49.1 Å². The highest BCUT2D eigenvalue weighted by Gasteiger charge is 2.22. The molecule has 28 heavy (non-hydrogen) atoms. The molecule has 1 aromatic rings. The van der Waals surface area contributed by atoms with E-state index in [1.165, 1.54) is 70.1 Å². The van der Waals surface area contributed by atoms with Gasteiger partial charge in [0.2, 0.25) is 0 Å². The lowest BCUT2D eigenvalue weighted by atomic mass is 10.0. The number of phenolic OH excluding ortho intramolecular Hbond substituents is 1. The zero-order valence-electron chi connectivity index (χ0n) is 16.8. The van der Waals surface area contributed by atoms with Crippen LogP contribution in [0.3, 0.4) is 0 Å². The summed E-state index contributed by atoms with van der Waals surface area (Å²) in [6, 6.07) is 4.53. The van der Waals surface area contributed by atoms with Gasteiger partial charge in [-0.15, -0.1) is 37.2 Å². The van der Waals surface area contributed by atoms with Crippen LogP contribution in [0.15, 0.2) is 12.1 Å². The van der Waals surface area contributed by atoms with Gasteiger partial charge in [0.15, 0.2) is 0 Å². The van der Waals surface area contributed by atoms with Gasteiger partial charge in [0.25, 0.3) is 0 Å². The van der Waals surface area contributed by atoms with Crippen molar-refractivity contribution in [3.05, 3.63) is 17.7 Å². The van der Waals surface area contributed by atoms with Crippen molar-refractivity contribution in [2.24, 2.45) is 0 Å². The van der Waals surface area contributed by atoms with Crippen LogP contribution < -0.4 is 9.80 Å². The maximum absolute atomic E-state index is 11.0. The summed E-state index contributed by atoms with van der Waals surface area (Å²) in [4.78, 5) is 7.44. The Bertz CT molecular complexity index is 585. The normalized spacial score (nSPS) is 20.1. The number of benzene rings is 1. The van der Waals surface area contributed by atoms with E-state index in [-0.39, 0.29) is 37.2 Å². The van der Waals surface area contributed by atoms with E-state index in [1.54, 1.807) is 0 Å². The quantitative estimate of drug-likeness (QED) is 0.677. The van der Waals surface area contributed by atoms with Crippen LogP contribution in [-0.2, 0) is 6.54 Å². The van der Waals surface area contributed by atoms with E-state index in [4.69, 9.17) is 0 Å². The average molecular weight is 453 g/mol. The standard InChI is InChI=1S/C21H33N3O.3ClH/c25-21-18(17-22-9-7-8-10-22)15-19(23-11-3-1-4-12-23)16-20(21)24-13-5-2-6-14-24;;;/h15-16,25H,1-14,17H2;3*1H. The fourth-order valence-corrected chi connectivity index (χ4v) is 4.67. The lowest BCUT2D eigenvalue weighted by Gasteiger charge is -2.34. The topological polar surface area (TPSA) is 30.0 Å². The summed E-state index contributed by atoms with van der Waals surface area (Å²) in [6.07, 6.45) is 10.3. The molecule has 7 heteroatoms. The molecular formula is C21H36Cl3N3O. The van der Waals surface area contributed by atoms with E-state index in [0.29, 0.717) is 5.75 Å². The first-order valence-electron chi connectivity index (χ1n) is 10.4. The largest absolute Gasteiger partial charge is 0.505 e. The minimum Gasteiger partial charge on any atom is -0.505 e. The van der Waals surface area contributed by atoms with Gasteiger partial charge < -0.3 is 14.9 Å². The molecule has 0 aliphatic carbocycles. The first-order valence-corrected chi connectivity index (χ1v) is 10.4. The average Bonchev–Trinajstić information content (AvgIpc) is 3.18. The minimum absolute atomic E-state index is 0. The molecule has 0 amide bonds. The third-order valence-corrected chi connectivity index (χ3v) is 6.16. The van der Waals surface area contributed by atoms with Crippen LogP contribution in [0, 0.1) is 0 Å². The van der Waals surface area contributed by atoms with Crippen molar-refractivity contribution in [1.29, 1.82) is 0 Å². The second kappa shape index (κ2) is 12.2. The number of aromatic hydroxyl groups is 1. The Kier molecular flexibility index (Phi) is 11.1. The van der Waals surface area contributed by atoms with Crippen molar-refractivity contribution in [3.8, 4) is 5.75 Å². The van der Waals surface area contributed by atoms with Gasteiger partial charge in [0, 0.05) is 44.0 Å². The summed E-state index contributed by atoms with van der Waals surface area (Å²) in [6.45, 7) is 7.73. The van der Waals surface area contributed by atoms with E-state index in [0.717, 1.165) is 44.0 Å². The Labute approximate surface area is 188 Å². The highest BCUT2D eigenvalue weighted by atomic mass is 35.5. The van der Waals surface area contributed by atoms with Crippen LogP contribution in [0.4, 0.5) is 11.4 Å². The molecule has 0 spiro atoms. The Hall–Kier alpha value is -0.550. The maximum atomic E-state index is 11.0. The molecule has 1 aromatic carbocycles. The Morgan fingerprint density at radius 1 is 0.643 bits per heavy atom. The van der Waals surface area contributed by atoms with E-state index in [1.807, 2.05) is 0 Å². The third kappa shape index (κ3) is 5.98. The van der Waals surface area contributed by atoms with E-state index in [9.17, 15) is 5.11 Å². The number of hydrogen-bond donors (Lipinski definition) is 1. The Morgan fingerprint density at radius 3 is 1.71 bits per heavy atom. The fraction of sp³-hybridized carbons (Fsp3) is 0.714. The predicted octanol–water partition coefficient (Wildman–Crippen LogP) is 5.23. The molecule has 0 radical (unpaired) electrons. The monoisotopic (exact) mass is 451 g/mol. The number of rotatable bonds is 4. The van der Waals surface area contributed by atoms with Crippen LogP contribution in [0.2, 0.25) is 0 Å². The van der Waals surface area contributed by atoms with Gasteiger partial charge in [-0.25, -0.2) is 0 Å². The lowest BCUT2D eigenvalue weighted by molar-refractivity contribution is 0.324. The number of phenols is 1. The molecular weight excluding hydrogens is 417 g/mol. The van der Waals surface area contributed by atoms with Crippen molar-refractivity contribution in [2.45, 2.75) is 57.9 Å². The molecule has 4 nitrogen and oxygen atoms in total. The van der Waals surface area contributed by atoms with E-state index in [2.05, 4.69) is 26.8 Å². The Morgan fingerprint density at radius 2 is 1.14 bits per heavy atom. The second-order valence-corrected chi connectivity index (χ2v) is 8.05. The molecule has 3 heterocycles. The summed E-state index contributed by atoms with van der Waals surface area (Å²) in [5.41, 5.74) is 3.54. The molecule has 0 atom stereocenters. The fourth-order valence-electron chi connectivity index (χ4n) is 4.67. The van der Waals surface area contributed by atoms with Gasteiger partial charge >= 0.3 is 0 Å². The van der Waals surface area contributed by atoms with Crippen LogP contribution in [-0.4, -0.2) is 49.3 Å². The number of likely N-dealkylation sites (tertiary alicyclic amines) is 1. The molecule has 0 aromatic heterocycles. The smallest absolute Gasteiger partial charge is 0.143 e. The zero-order chi connectivity index (χ0) is 17.1. The molecule has 1 N–H and O–H groups in total. The van der Waals surface area contributed by atoms with Crippen molar-refractivity contribution in [3.63, 3.8) is 0 Å². The van der Waals surface area contributed by atoms with Gasteiger partial charge in [-0.05, 0) is 76.6 Å². The zero-order valence-corrected chi connectivity index (χ0v) is 19.2. The predicted molar refractivity (Wildman–Crippen MR) is 126 cm³/mol. The first kappa shape index (κ1) is 25.5. The summed E-state index contributed by atoms with van der Waals surface area (Å²) in [5, 5.41) is 11.0. The van der Waals surface area contributed by atoms with Crippen molar-refractivity contribution in [1.82, 2.24) is 4.90 Å². The molecule has 0 saturated carbocycles. The van der Waals surface area contributed by atoms with Gasteiger partial charge in [-0.3, -0.25) is 4.90 Å².